The second-order valence-electron chi connectivity index (χ2n) is 5.38. The van der Waals surface area contributed by atoms with Gasteiger partial charge >= 0.3 is 5.97 Å². The average molecular weight is 295 g/mol. The van der Waals surface area contributed by atoms with E-state index >= 15 is 0 Å². The first-order valence-corrected chi connectivity index (χ1v) is 8.09. The van der Waals surface area contributed by atoms with Crippen molar-refractivity contribution in [1.82, 2.24) is 5.32 Å². The Morgan fingerprint density at radius 3 is 2.50 bits per heavy atom. The van der Waals surface area contributed by atoms with Crippen LogP contribution in [0.1, 0.15) is 60.7 Å². The van der Waals surface area contributed by atoms with Gasteiger partial charge in [0, 0.05) is 0 Å². The summed E-state index contributed by atoms with van der Waals surface area (Å²) in [6.45, 7) is 2.00. The Morgan fingerprint density at radius 2 is 1.95 bits per heavy atom. The normalized spacial score (nSPS) is 18.2. The number of nitrogens with one attached hydrogen (secondary N) is 1. The highest BCUT2D eigenvalue weighted by Crippen LogP contribution is 2.28. The smallest absolute Gasteiger partial charge is 0.329 e. The minimum atomic E-state index is -1.08. The van der Waals surface area contributed by atoms with E-state index < -0.39 is 11.5 Å². The summed E-state index contributed by atoms with van der Waals surface area (Å²) in [5.41, 5.74) is -0.0931. The summed E-state index contributed by atoms with van der Waals surface area (Å²) < 4.78 is 0. The predicted octanol–water partition coefficient (Wildman–Crippen LogP) is 3.22. The quantitative estimate of drug-likeness (QED) is 0.838. The zero-order valence-corrected chi connectivity index (χ0v) is 12.6. The SMILES string of the molecule is CCc1ccsc1C(=O)NC1(C(=O)O)CCCCCC1. The third kappa shape index (κ3) is 3.03. The Morgan fingerprint density at radius 1 is 1.30 bits per heavy atom. The van der Waals surface area contributed by atoms with Gasteiger partial charge in [-0.15, -0.1) is 11.3 Å². The lowest BCUT2D eigenvalue weighted by Crippen LogP contribution is -2.54. The van der Waals surface area contributed by atoms with Crippen molar-refractivity contribution in [3.63, 3.8) is 0 Å². The van der Waals surface area contributed by atoms with Crippen molar-refractivity contribution in [2.45, 2.75) is 57.4 Å². The number of carboxylic acids is 1. The fraction of sp³-hybridized carbons (Fsp3) is 0.600. The number of rotatable bonds is 4. The Labute approximate surface area is 123 Å². The molecule has 0 bridgehead atoms. The summed E-state index contributed by atoms with van der Waals surface area (Å²) in [4.78, 5) is 24.7. The number of carbonyl (C=O) groups is 2. The van der Waals surface area contributed by atoms with Crippen LogP contribution in [-0.2, 0) is 11.2 Å². The van der Waals surface area contributed by atoms with Crippen molar-refractivity contribution in [3.05, 3.63) is 21.9 Å². The molecular formula is C15H21NO3S. The summed E-state index contributed by atoms with van der Waals surface area (Å²) in [5.74, 6) is -1.14. The molecule has 0 radical (unpaired) electrons. The first-order valence-electron chi connectivity index (χ1n) is 7.21. The molecule has 0 atom stereocenters. The molecule has 1 aromatic rings. The molecule has 1 fully saturated rings. The zero-order chi connectivity index (χ0) is 14.6. The highest BCUT2D eigenvalue weighted by atomic mass is 32.1. The van der Waals surface area contributed by atoms with Crippen LogP contribution >= 0.6 is 11.3 Å². The van der Waals surface area contributed by atoms with Gasteiger partial charge in [0.05, 0.1) is 4.88 Å². The van der Waals surface area contributed by atoms with Gasteiger partial charge in [-0.3, -0.25) is 4.79 Å². The predicted molar refractivity (Wildman–Crippen MR) is 79.2 cm³/mol. The van der Waals surface area contributed by atoms with Crippen LogP contribution in [0, 0.1) is 0 Å². The number of hydrogen-bond donors (Lipinski definition) is 2. The molecule has 2 N–H and O–H groups in total. The highest BCUT2D eigenvalue weighted by molar-refractivity contribution is 7.12. The monoisotopic (exact) mass is 295 g/mol. The molecule has 4 nitrogen and oxygen atoms in total. The van der Waals surface area contributed by atoms with Gasteiger partial charge in [0.2, 0.25) is 0 Å². The van der Waals surface area contributed by atoms with Crippen molar-refractivity contribution < 1.29 is 14.7 Å². The van der Waals surface area contributed by atoms with E-state index in [1.807, 2.05) is 18.4 Å². The summed E-state index contributed by atoms with van der Waals surface area (Å²) in [7, 11) is 0. The molecule has 0 spiro atoms. The molecule has 1 aromatic heterocycles. The lowest BCUT2D eigenvalue weighted by Gasteiger charge is -2.29. The Balaban J connectivity index is 2.19. The minimum absolute atomic E-state index is 0.235. The zero-order valence-electron chi connectivity index (χ0n) is 11.8. The number of hydrogen-bond acceptors (Lipinski definition) is 3. The van der Waals surface area contributed by atoms with E-state index in [1.54, 1.807) is 0 Å². The number of amides is 1. The molecule has 110 valence electrons. The molecular weight excluding hydrogens is 274 g/mol. The minimum Gasteiger partial charge on any atom is -0.480 e. The van der Waals surface area contributed by atoms with Crippen molar-refractivity contribution in [2.24, 2.45) is 0 Å². The van der Waals surface area contributed by atoms with E-state index in [2.05, 4.69) is 5.32 Å². The first kappa shape index (κ1) is 15.0. The maximum absolute atomic E-state index is 12.4. The van der Waals surface area contributed by atoms with Crippen LogP contribution in [0.25, 0.3) is 0 Å². The number of thiophene rings is 1. The van der Waals surface area contributed by atoms with Gasteiger partial charge in [0.1, 0.15) is 5.54 Å². The largest absolute Gasteiger partial charge is 0.480 e. The molecule has 1 saturated carbocycles. The second-order valence-corrected chi connectivity index (χ2v) is 6.30. The van der Waals surface area contributed by atoms with Crippen LogP contribution in [0.3, 0.4) is 0 Å². The van der Waals surface area contributed by atoms with Crippen LogP contribution < -0.4 is 5.32 Å². The molecule has 20 heavy (non-hydrogen) atoms. The standard InChI is InChI=1S/C15H21NO3S/c1-2-11-7-10-20-12(11)13(17)16-15(14(18)19)8-5-3-4-6-9-15/h7,10H,2-6,8-9H2,1H3,(H,16,17)(H,18,19). The number of aliphatic carboxylic acids is 1. The molecule has 0 aromatic carbocycles. The van der Waals surface area contributed by atoms with Gasteiger partial charge in [-0.2, -0.15) is 0 Å². The van der Waals surface area contributed by atoms with E-state index in [9.17, 15) is 14.7 Å². The van der Waals surface area contributed by atoms with Gasteiger partial charge in [-0.05, 0) is 36.3 Å². The average Bonchev–Trinajstić information content (AvgIpc) is 2.78. The van der Waals surface area contributed by atoms with Crippen LogP contribution in [0.5, 0.6) is 0 Å². The molecule has 1 amide bonds. The van der Waals surface area contributed by atoms with Crippen LogP contribution in [0.2, 0.25) is 0 Å². The lowest BCUT2D eigenvalue weighted by atomic mass is 9.90. The molecule has 0 unspecified atom stereocenters. The number of carbonyl (C=O) groups excluding carboxylic acids is 1. The molecule has 0 aliphatic heterocycles. The first-order chi connectivity index (χ1) is 9.59. The Hall–Kier alpha value is -1.36. The van der Waals surface area contributed by atoms with Crippen molar-refractivity contribution in [2.75, 3.05) is 0 Å². The maximum atomic E-state index is 12.4. The molecule has 1 aliphatic carbocycles. The maximum Gasteiger partial charge on any atom is 0.329 e. The molecule has 1 aliphatic rings. The topological polar surface area (TPSA) is 66.4 Å². The lowest BCUT2D eigenvalue weighted by molar-refractivity contribution is -0.145. The second kappa shape index (κ2) is 6.39. The summed E-state index contributed by atoms with van der Waals surface area (Å²) in [5, 5.41) is 14.3. The fourth-order valence-corrected chi connectivity index (χ4v) is 3.70. The van der Waals surface area contributed by atoms with Crippen LogP contribution in [-0.4, -0.2) is 22.5 Å². The van der Waals surface area contributed by atoms with Gasteiger partial charge in [-0.25, -0.2) is 4.79 Å². The third-order valence-electron chi connectivity index (χ3n) is 4.05. The van der Waals surface area contributed by atoms with Crippen LogP contribution in [0.4, 0.5) is 0 Å². The molecule has 0 saturated heterocycles. The van der Waals surface area contributed by atoms with Gasteiger partial charge in [-0.1, -0.05) is 32.6 Å². The van der Waals surface area contributed by atoms with Gasteiger partial charge in [0.15, 0.2) is 0 Å². The van der Waals surface area contributed by atoms with Gasteiger partial charge in [0.25, 0.3) is 5.91 Å². The summed E-state index contributed by atoms with van der Waals surface area (Å²) in [6.07, 6.45) is 5.65. The van der Waals surface area contributed by atoms with Crippen molar-refractivity contribution in [1.29, 1.82) is 0 Å². The van der Waals surface area contributed by atoms with E-state index in [1.165, 1.54) is 11.3 Å². The Kier molecular flexibility index (Phi) is 4.81. The van der Waals surface area contributed by atoms with Gasteiger partial charge < -0.3 is 10.4 Å². The van der Waals surface area contributed by atoms with Crippen molar-refractivity contribution in [3.8, 4) is 0 Å². The van der Waals surface area contributed by atoms with Crippen molar-refractivity contribution >= 4 is 23.2 Å². The fourth-order valence-electron chi connectivity index (χ4n) is 2.81. The van der Waals surface area contributed by atoms with E-state index in [-0.39, 0.29) is 5.91 Å². The van der Waals surface area contributed by atoms with E-state index in [4.69, 9.17) is 0 Å². The summed E-state index contributed by atoms with van der Waals surface area (Å²) in [6, 6.07) is 1.93. The summed E-state index contributed by atoms with van der Waals surface area (Å²) >= 11 is 1.38. The molecule has 1 heterocycles. The van der Waals surface area contributed by atoms with E-state index in [0.29, 0.717) is 17.7 Å². The Bertz CT molecular complexity index is 487. The number of aryl methyl sites for hydroxylation is 1. The highest BCUT2D eigenvalue weighted by Gasteiger charge is 2.40. The van der Waals surface area contributed by atoms with Crippen LogP contribution in [0.15, 0.2) is 11.4 Å². The third-order valence-corrected chi connectivity index (χ3v) is 5.01. The molecule has 5 heteroatoms. The number of carboxylic acid groups (broad SMARTS) is 1. The molecule has 2 rings (SSSR count). The van der Waals surface area contributed by atoms with E-state index in [0.717, 1.165) is 37.7 Å².